The summed E-state index contributed by atoms with van der Waals surface area (Å²) >= 11 is 0. The Morgan fingerprint density at radius 1 is 1.29 bits per heavy atom. The summed E-state index contributed by atoms with van der Waals surface area (Å²) in [5, 5.41) is 0. The Morgan fingerprint density at radius 2 is 2.00 bits per heavy atom. The Balaban J connectivity index is 2.15. The molecule has 2 rings (SSSR count). The predicted molar refractivity (Wildman–Crippen MR) is 70.2 cm³/mol. The normalized spacial score (nSPS) is 19.1. The molecule has 17 heavy (non-hydrogen) atoms. The summed E-state index contributed by atoms with van der Waals surface area (Å²) in [6.45, 7) is 6.77. The molecule has 0 saturated carbocycles. The van der Waals surface area contributed by atoms with Crippen LogP contribution in [0.4, 0.5) is 0 Å². The van der Waals surface area contributed by atoms with Gasteiger partial charge < -0.3 is 4.74 Å². The average Bonchev–Trinajstić information content (AvgIpc) is 2.63. The second kappa shape index (κ2) is 4.61. The number of fused-ring (bicyclic) bond motifs is 1. The Kier molecular flexibility index (Phi) is 3.33. The fourth-order valence-corrected chi connectivity index (χ4v) is 2.01. The van der Waals surface area contributed by atoms with Crippen molar-refractivity contribution in [3.63, 3.8) is 0 Å². The molecule has 0 aromatic heterocycles. The highest BCUT2D eigenvalue weighted by molar-refractivity contribution is 5.66. The van der Waals surface area contributed by atoms with E-state index in [2.05, 4.69) is 44.4 Å². The van der Waals surface area contributed by atoms with Gasteiger partial charge in [-0.15, -0.1) is 0 Å². The highest BCUT2D eigenvalue weighted by atomic mass is 16.5. The van der Waals surface area contributed by atoms with Crippen molar-refractivity contribution in [1.29, 1.82) is 0 Å². The number of benzene rings is 1. The molecular weight excluding hydrogens is 212 g/mol. The average molecular weight is 232 g/mol. The molecule has 0 bridgehead atoms. The van der Waals surface area contributed by atoms with Gasteiger partial charge in [0.15, 0.2) is 0 Å². The molecule has 0 spiro atoms. The smallest absolute Gasteiger partial charge is 0.0706 e. The zero-order valence-electron chi connectivity index (χ0n) is 10.7. The fourth-order valence-electron chi connectivity index (χ4n) is 2.01. The van der Waals surface area contributed by atoms with Crippen LogP contribution in [-0.2, 0) is 4.74 Å². The molecule has 3 heteroatoms. The highest BCUT2D eigenvalue weighted by Crippen LogP contribution is 2.34. The number of hydrazine groups is 1. The van der Waals surface area contributed by atoms with Gasteiger partial charge in [0.05, 0.1) is 18.2 Å². The van der Waals surface area contributed by atoms with E-state index in [1.807, 2.05) is 12.1 Å². The van der Waals surface area contributed by atoms with Crippen molar-refractivity contribution in [3.05, 3.63) is 41.0 Å². The van der Waals surface area contributed by atoms with Crippen molar-refractivity contribution in [2.24, 2.45) is 5.84 Å². The lowest BCUT2D eigenvalue weighted by atomic mass is 10.0. The van der Waals surface area contributed by atoms with E-state index in [0.29, 0.717) is 6.61 Å². The van der Waals surface area contributed by atoms with Gasteiger partial charge in [-0.1, -0.05) is 30.3 Å². The van der Waals surface area contributed by atoms with E-state index in [1.165, 1.54) is 16.7 Å². The molecule has 1 atom stereocenters. The van der Waals surface area contributed by atoms with Crippen LogP contribution in [0.5, 0.6) is 0 Å². The SMILES string of the molecule is CC(C)(C)OCC1=Cc2ccccc2C1NN. The lowest BCUT2D eigenvalue weighted by Gasteiger charge is -2.22. The van der Waals surface area contributed by atoms with Gasteiger partial charge in [-0.3, -0.25) is 5.84 Å². The number of hydrogen-bond donors (Lipinski definition) is 2. The first-order chi connectivity index (χ1) is 8.01. The second-order valence-corrected chi connectivity index (χ2v) is 5.35. The standard InChI is InChI=1S/C14H20N2O/c1-14(2,3)17-9-11-8-10-6-4-5-7-12(10)13(11)16-15/h4-8,13,16H,9,15H2,1-3H3. The maximum atomic E-state index is 5.81. The van der Waals surface area contributed by atoms with Gasteiger partial charge in [-0.25, -0.2) is 5.43 Å². The lowest BCUT2D eigenvalue weighted by Crippen LogP contribution is -2.30. The van der Waals surface area contributed by atoms with Crippen LogP contribution in [0.3, 0.4) is 0 Å². The molecule has 3 nitrogen and oxygen atoms in total. The first kappa shape index (κ1) is 12.3. The molecular formula is C14H20N2O. The summed E-state index contributed by atoms with van der Waals surface area (Å²) in [7, 11) is 0. The predicted octanol–water partition coefficient (Wildman–Crippen LogP) is 2.40. The van der Waals surface area contributed by atoms with Crippen LogP contribution in [0.15, 0.2) is 29.8 Å². The summed E-state index contributed by atoms with van der Waals surface area (Å²) in [4.78, 5) is 0. The molecule has 1 aliphatic carbocycles. The van der Waals surface area contributed by atoms with Crippen LogP contribution in [0.1, 0.15) is 37.9 Å². The van der Waals surface area contributed by atoms with E-state index in [-0.39, 0.29) is 11.6 Å². The number of ether oxygens (including phenoxy) is 1. The summed E-state index contributed by atoms with van der Waals surface area (Å²) < 4.78 is 5.81. The minimum absolute atomic E-state index is 0.0774. The van der Waals surface area contributed by atoms with Crippen LogP contribution in [-0.4, -0.2) is 12.2 Å². The van der Waals surface area contributed by atoms with E-state index in [9.17, 15) is 0 Å². The molecule has 0 radical (unpaired) electrons. The van der Waals surface area contributed by atoms with Crippen LogP contribution < -0.4 is 11.3 Å². The Bertz CT molecular complexity index is 432. The Morgan fingerprint density at radius 3 is 2.65 bits per heavy atom. The highest BCUT2D eigenvalue weighted by Gasteiger charge is 2.24. The molecule has 3 N–H and O–H groups in total. The molecule has 0 fully saturated rings. The molecule has 0 aliphatic heterocycles. The lowest BCUT2D eigenvalue weighted by molar-refractivity contribution is 0.00943. The zero-order valence-corrected chi connectivity index (χ0v) is 10.7. The molecule has 0 amide bonds. The van der Waals surface area contributed by atoms with Crippen LogP contribution in [0.2, 0.25) is 0 Å². The largest absolute Gasteiger partial charge is 0.371 e. The fraction of sp³-hybridized carbons (Fsp3) is 0.429. The zero-order chi connectivity index (χ0) is 12.5. The van der Waals surface area contributed by atoms with E-state index < -0.39 is 0 Å². The van der Waals surface area contributed by atoms with Gasteiger partial charge in [-0.05, 0) is 37.5 Å². The van der Waals surface area contributed by atoms with Crippen LogP contribution in [0, 0.1) is 0 Å². The van der Waals surface area contributed by atoms with E-state index in [4.69, 9.17) is 10.6 Å². The van der Waals surface area contributed by atoms with Crippen molar-refractivity contribution in [2.45, 2.75) is 32.4 Å². The third kappa shape index (κ3) is 2.75. The van der Waals surface area contributed by atoms with E-state index in [0.717, 1.165) is 0 Å². The molecule has 0 saturated heterocycles. The van der Waals surface area contributed by atoms with Crippen molar-refractivity contribution in [3.8, 4) is 0 Å². The summed E-state index contributed by atoms with van der Waals surface area (Å²) in [5.74, 6) is 5.63. The number of nitrogens with two attached hydrogens (primary N) is 1. The third-order valence-electron chi connectivity index (χ3n) is 2.86. The minimum atomic E-state index is -0.130. The topological polar surface area (TPSA) is 47.3 Å². The molecule has 1 aromatic carbocycles. The van der Waals surface area contributed by atoms with Crippen molar-refractivity contribution in [1.82, 2.24) is 5.43 Å². The van der Waals surface area contributed by atoms with E-state index in [1.54, 1.807) is 0 Å². The summed E-state index contributed by atoms with van der Waals surface area (Å²) in [6, 6.07) is 8.35. The summed E-state index contributed by atoms with van der Waals surface area (Å²) in [6.07, 6.45) is 2.16. The van der Waals surface area contributed by atoms with Gasteiger partial charge >= 0.3 is 0 Å². The van der Waals surface area contributed by atoms with Gasteiger partial charge in [0.25, 0.3) is 0 Å². The first-order valence-electron chi connectivity index (χ1n) is 5.91. The maximum absolute atomic E-state index is 5.81. The third-order valence-corrected chi connectivity index (χ3v) is 2.86. The van der Waals surface area contributed by atoms with Crippen molar-refractivity contribution in [2.75, 3.05) is 6.61 Å². The van der Waals surface area contributed by atoms with Gasteiger partial charge in [0.2, 0.25) is 0 Å². The van der Waals surface area contributed by atoms with Crippen LogP contribution >= 0.6 is 0 Å². The second-order valence-electron chi connectivity index (χ2n) is 5.35. The van der Waals surface area contributed by atoms with Gasteiger partial charge in [0, 0.05) is 0 Å². The van der Waals surface area contributed by atoms with Gasteiger partial charge in [0.1, 0.15) is 0 Å². The monoisotopic (exact) mass is 232 g/mol. The molecule has 1 aliphatic rings. The minimum Gasteiger partial charge on any atom is -0.371 e. The summed E-state index contributed by atoms with van der Waals surface area (Å²) in [5.41, 5.74) is 6.36. The first-order valence-corrected chi connectivity index (χ1v) is 5.91. The molecule has 1 unspecified atom stereocenters. The Labute approximate surface area is 103 Å². The van der Waals surface area contributed by atoms with Crippen molar-refractivity contribution < 1.29 is 4.74 Å². The maximum Gasteiger partial charge on any atom is 0.0706 e. The number of hydrogen-bond acceptors (Lipinski definition) is 3. The number of rotatable bonds is 3. The quantitative estimate of drug-likeness (QED) is 0.621. The van der Waals surface area contributed by atoms with Crippen LogP contribution in [0.25, 0.3) is 6.08 Å². The Hall–Kier alpha value is -1.16. The van der Waals surface area contributed by atoms with Crippen molar-refractivity contribution >= 4 is 6.08 Å². The molecule has 0 heterocycles. The van der Waals surface area contributed by atoms with E-state index >= 15 is 0 Å². The molecule has 1 aromatic rings. The molecule has 92 valence electrons. The number of nitrogens with one attached hydrogen (secondary N) is 1. The van der Waals surface area contributed by atoms with Gasteiger partial charge in [-0.2, -0.15) is 0 Å².